The van der Waals surface area contributed by atoms with Crippen molar-refractivity contribution in [3.63, 3.8) is 0 Å². The Kier molecular flexibility index (Phi) is 5.43. The zero-order valence-corrected chi connectivity index (χ0v) is 17.9. The van der Waals surface area contributed by atoms with Gasteiger partial charge in [-0.1, -0.05) is 0 Å². The second kappa shape index (κ2) is 8.39. The van der Waals surface area contributed by atoms with E-state index in [2.05, 4.69) is 10.3 Å². The number of amides is 1. The number of nitrogens with one attached hydrogen (secondary N) is 1. The van der Waals surface area contributed by atoms with Gasteiger partial charge in [0.25, 0.3) is 0 Å². The van der Waals surface area contributed by atoms with Crippen LogP contribution in [0.15, 0.2) is 42.6 Å². The molecule has 2 unspecified atom stereocenters. The van der Waals surface area contributed by atoms with E-state index in [4.69, 9.17) is 15.2 Å². The number of ether oxygens (including phenoxy) is 2. The number of nitrogens with zero attached hydrogens (tertiary/aromatic N) is 1. The van der Waals surface area contributed by atoms with E-state index in [-0.39, 0.29) is 18.1 Å². The third kappa shape index (κ3) is 4.25. The Hall–Kier alpha value is -3.19. The fourth-order valence-electron chi connectivity index (χ4n) is 4.83. The molecule has 3 N–H and O–H groups in total. The molecule has 32 heavy (non-hydrogen) atoms. The molecule has 2 atom stereocenters. The number of aryl methyl sites for hydroxylation is 1. The summed E-state index contributed by atoms with van der Waals surface area (Å²) in [5, 5.41) is 4.42. The van der Waals surface area contributed by atoms with Crippen LogP contribution in [0, 0.1) is 12.7 Å². The zero-order valence-electron chi connectivity index (χ0n) is 17.9. The van der Waals surface area contributed by atoms with Gasteiger partial charge in [0.05, 0.1) is 11.9 Å². The molecule has 3 heterocycles. The Balaban J connectivity index is 1.41. The minimum Gasteiger partial charge on any atom is -0.490 e. The summed E-state index contributed by atoms with van der Waals surface area (Å²) >= 11 is 0. The van der Waals surface area contributed by atoms with Crippen molar-refractivity contribution in [3.05, 3.63) is 59.5 Å². The number of nitrogens with two attached hydrogens (primary N) is 1. The molecule has 1 aromatic heterocycles. The largest absolute Gasteiger partial charge is 0.490 e. The van der Waals surface area contributed by atoms with E-state index in [1.807, 2.05) is 25.1 Å². The number of piperidine rings is 1. The standard InChI is InChI=1S/C25H26FN3O3/c1-14-8-15(9-25(27)30)21(26)13-24(14)32-23-6-7-28-22-5-4-18(12-20(22)23)31-19-10-16-2-3-17(11-19)29-16/h4-8,12-13,16-17,19,29H,2-3,9-11H2,1H3,(H2,27,30). The first-order valence-corrected chi connectivity index (χ1v) is 11.0. The molecule has 2 bridgehead atoms. The first-order chi connectivity index (χ1) is 15.4. The van der Waals surface area contributed by atoms with Gasteiger partial charge in [0.15, 0.2) is 0 Å². The van der Waals surface area contributed by atoms with Gasteiger partial charge < -0.3 is 20.5 Å². The summed E-state index contributed by atoms with van der Waals surface area (Å²) in [5.41, 5.74) is 6.95. The topological polar surface area (TPSA) is 86.5 Å². The van der Waals surface area contributed by atoms with Gasteiger partial charge in [0.1, 0.15) is 29.2 Å². The number of carbonyl (C=O) groups excluding carboxylic acids is 1. The van der Waals surface area contributed by atoms with Crippen LogP contribution in [0.2, 0.25) is 0 Å². The molecule has 0 saturated carbocycles. The average Bonchev–Trinajstić information content (AvgIpc) is 3.09. The summed E-state index contributed by atoms with van der Waals surface area (Å²) in [6.45, 7) is 1.81. The number of fused-ring (bicyclic) bond motifs is 3. The van der Waals surface area contributed by atoms with Gasteiger partial charge in [-0.2, -0.15) is 0 Å². The number of carbonyl (C=O) groups is 1. The Morgan fingerprint density at radius 3 is 2.69 bits per heavy atom. The maximum absolute atomic E-state index is 14.5. The SMILES string of the molecule is Cc1cc(CC(N)=O)c(F)cc1Oc1ccnc2ccc(OC3CC4CCC(C3)N4)cc12. The molecule has 2 saturated heterocycles. The second-order valence-electron chi connectivity index (χ2n) is 8.79. The highest BCUT2D eigenvalue weighted by atomic mass is 19.1. The van der Waals surface area contributed by atoms with Gasteiger partial charge in [-0.3, -0.25) is 9.78 Å². The highest BCUT2D eigenvalue weighted by Gasteiger charge is 2.34. The molecule has 7 heteroatoms. The predicted molar refractivity (Wildman–Crippen MR) is 119 cm³/mol. The maximum atomic E-state index is 14.5. The molecule has 2 aromatic carbocycles. The van der Waals surface area contributed by atoms with Crippen LogP contribution in [0.5, 0.6) is 17.2 Å². The van der Waals surface area contributed by atoms with Crippen molar-refractivity contribution in [2.75, 3.05) is 0 Å². The summed E-state index contributed by atoms with van der Waals surface area (Å²) in [7, 11) is 0. The lowest BCUT2D eigenvalue weighted by molar-refractivity contribution is -0.117. The molecule has 1 amide bonds. The molecule has 2 aliphatic heterocycles. The monoisotopic (exact) mass is 435 g/mol. The quantitative estimate of drug-likeness (QED) is 0.607. The van der Waals surface area contributed by atoms with Gasteiger partial charge in [0.2, 0.25) is 5.91 Å². The van der Waals surface area contributed by atoms with E-state index in [0.717, 1.165) is 29.5 Å². The number of halogens is 1. The number of hydrogen-bond acceptors (Lipinski definition) is 5. The van der Waals surface area contributed by atoms with Gasteiger partial charge >= 0.3 is 0 Å². The molecule has 0 radical (unpaired) electrons. The Labute approximate surface area is 185 Å². The highest BCUT2D eigenvalue weighted by Crippen LogP contribution is 2.35. The van der Waals surface area contributed by atoms with Gasteiger partial charge in [-0.15, -0.1) is 0 Å². The highest BCUT2D eigenvalue weighted by molar-refractivity contribution is 5.86. The molecule has 0 spiro atoms. The zero-order chi connectivity index (χ0) is 22.2. The van der Waals surface area contributed by atoms with Crippen LogP contribution in [0.3, 0.4) is 0 Å². The smallest absolute Gasteiger partial charge is 0.221 e. The lowest BCUT2D eigenvalue weighted by atomic mass is 10.0. The number of primary amides is 1. The number of pyridine rings is 1. The number of aromatic nitrogens is 1. The fourth-order valence-corrected chi connectivity index (χ4v) is 4.83. The summed E-state index contributed by atoms with van der Waals surface area (Å²) < 4.78 is 26.9. The first kappa shape index (κ1) is 20.7. The van der Waals surface area contributed by atoms with Crippen molar-refractivity contribution in [1.82, 2.24) is 10.3 Å². The van der Waals surface area contributed by atoms with Crippen LogP contribution in [-0.4, -0.2) is 29.1 Å². The third-order valence-corrected chi connectivity index (χ3v) is 6.33. The van der Waals surface area contributed by atoms with Crippen LogP contribution in [-0.2, 0) is 11.2 Å². The lowest BCUT2D eigenvalue weighted by Crippen LogP contribution is -2.42. The van der Waals surface area contributed by atoms with Crippen LogP contribution >= 0.6 is 0 Å². The minimum absolute atomic E-state index is 0.149. The normalized spacial score (nSPS) is 22.1. The maximum Gasteiger partial charge on any atom is 0.221 e. The molecule has 6 nitrogen and oxygen atoms in total. The van der Waals surface area contributed by atoms with E-state index < -0.39 is 11.7 Å². The van der Waals surface area contributed by atoms with Gasteiger partial charge in [0, 0.05) is 29.7 Å². The van der Waals surface area contributed by atoms with E-state index in [1.54, 1.807) is 18.3 Å². The van der Waals surface area contributed by atoms with E-state index in [0.29, 0.717) is 29.1 Å². The summed E-state index contributed by atoms with van der Waals surface area (Å²) in [6, 6.07) is 11.5. The van der Waals surface area contributed by atoms with E-state index in [1.165, 1.54) is 18.9 Å². The van der Waals surface area contributed by atoms with Gasteiger partial charge in [-0.05, 0) is 74.1 Å². The predicted octanol–water partition coefficient (Wildman–Crippen LogP) is 4.16. The summed E-state index contributed by atoms with van der Waals surface area (Å²) in [5.74, 6) is 0.625. The van der Waals surface area contributed by atoms with Crippen molar-refractivity contribution in [3.8, 4) is 17.2 Å². The molecular formula is C25H26FN3O3. The van der Waals surface area contributed by atoms with Crippen LogP contribution in [0.25, 0.3) is 10.9 Å². The Morgan fingerprint density at radius 1 is 1.16 bits per heavy atom. The Morgan fingerprint density at radius 2 is 1.94 bits per heavy atom. The number of hydrogen-bond donors (Lipinski definition) is 2. The first-order valence-electron chi connectivity index (χ1n) is 11.0. The van der Waals surface area contributed by atoms with Crippen LogP contribution in [0.4, 0.5) is 4.39 Å². The van der Waals surface area contributed by atoms with Crippen LogP contribution < -0.4 is 20.5 Å². The molecule has 2 aliphatic rings. The third-order valence-electron chi connectivity index (χ3n) is 6.33. The molecule has 5 rings (SSSR count). The number of benzene rings is 2. The van der Waals surface area contributed by atoms with Crippen molar-refractivity contribution >= 4 is 16.8 Å². The van der Waals surface area contributed by atoms with Crippen molar-refractivity contribution in [2.24, 2.45) is 5.73 Å². The molecule has 166 valence electrons. The molecule has 3 aromatic rings. The molecule has 0 aliphatic carbocycles. The average molecular weight is 435 g/mol. The van der Waals surface area contributed by atoms with Gasteiger partial charge in [-0.25, -0.2) is 4.39 Å². The molecular weight excluding hydrogens is 409 g/mol. The second-order valence-corrected chi connectivity index (χ2v) is 8.79. The number of rotatable bonds is 6. The Bertz CT molecular complexity index is 1170. The van der Waals surface area contributed by atoms with E-state index in [9.17, 15) is 9.18 Å². The fraction of sp³-hybridized carbons (Fsp3) is 0.360. The van der Waals surface area contributed by atoms with Crippen molar-refractivity contribution in [2.45, 2.75) is 57.2 Å². The summed E-state index contributed by atoms with van der Waals surface area (Å²) in [4.78, 5) is 15.6. The summed E-state index contributed by atoms with van der Waals surface area (Å²) in [6.07, 6.45) is 6.18. The molecule has 2 fully saturated rings. The van der Waals surface area contributed by atoms with Crippen LogP contribution in [0.1, 0.15) is 36.8 Å². The minimum atomic E-state index is -0.577. The lowest BCUT2D eigenvalue weighted by Gasteiger charge is -2.29. The van der Waals surface area contributed by atoms with E-state index >= 15 is 0 Å². The van der Waals surface area contributed by atoms with Crippen molar-refractivity contribution < 1.29 is 18.7 Å². The van der Waals surface area contributed by atoms with Crippen molar-refractivity contribution in [1.29, 1.82) is 0 Å².